The standard InChI is InChI=1S/C12H24N2O/c1-5-10-7-8-11(9(10)3)13-12(15)14(4)6-2/h9-11H,5-8H2,1-4H3,(H,13,15). The molecular weight excluding hydrogens is 188 g/mol. The molecule has 0 aromatic carbocycles. The second-order valence-electron chi connectivity index (χ2n) is 4.67. The van der Waals surface area contributed by atoms with Gasteiger partial charge in [0.1, 0.15) is 0 Å². The van der Waals surface area contributed by atoms with Crippen LogP contribution in [0.25, 0.3) is 0 Å². The molecule has 0 aromatic heterocycles. The molecule has 0 saturated heterocycles. The summed E-state index contributed by atoms with van der Waals surface area (Å²) in [4.78, 5) is 13.4. The first-order valence-electron chi connectivity index (χ1n) is 6.11. The topological polar surface area (TPSA) is 32.3 Å². The highest BCUT2D eigenvalue weighted by molar-refractivity contribution is 5.74. The molecule has 0 radical (unpaired) electrons. The zero-order valence-electron chi connectivity index (χ0n) is 10.4. The number of carbonyl (C=O) groups is 1. The van der Waals surface area contributed by atoms with E-state index in [0.717, 1.165) is 18.9 Å². The van der Waals surface area contributed by atoms with Gasteiger partial charge < -0.3 is 10.2 Å². The Hall–Kier alpha value is -0.730. The van der Waals surface area contributed by atoms with E-state index in [1.807, 2.05) is 14.0 Å². The van der Waals surface area contributed by atoms with Gasteiger partial charge in [-0.05, 0) is 31.6 Å². The van der Waals surface area contributed by atoms with Gasteiger partial charge in [-0.15, -0.1) is 0 Å². The van der Waals surface area contributed by atoms with Crippen molar-refractivity contribution in [3.05, 3.63) is 0 Å². The summed E-state index contributed by atoms with van der Waals surface area (Å²) in [5, 5.41) is 3.13. The lowest BCUT2D eigenvalue weighted by molar-refractivity contribution is 0.202. The van der Waals surface area contributed by atoms with Crippen LogP contribution in [0.2, 0.25) is 0 Å². The molecule has 3 heteroatoms. The number of nitrogens with zero attached hydrogens (tertiary/aromatic N) is 1. The Bertz CT molecular complexity index is 218. The van der Waals surface area contributed by atoms with Crippen molar-refractivity contribution in [3.63, 3.8) is 0 Å². The zero-order chi connectivity index (χ0) is 11.4. The van der Waals surface area contributed by atoms with Gasteiger partial charge in [-0.3, -0.25) is 0 Å². The van der Waals surface area contributed by atoms with E-state index in [1.165, 1.54) is 12.8 Å². The second kappa shape index (κ2) is 5.38. The molecule has 0 spiro atoms. The first-order valence-corrected chi connectivity index (χ1v) is 6.11. The summed E-state index contributed by atoms with van der Waals surface area (Å²) in [6.45, 7) is 7.26. The molecule has 0 aromatic rings. The monoisotopic (exact) mass is 212 g/mol. The maximum absolute atomic E-state index is 11.7. The summed E-state index contributed by atoms with van der Waals surface area (Å²) in [5.41, 5.74) is 0. The molecule has 0 bridgehead atoms. The van der Waals surface area contributed by atoms with Crippen LogP contribution in [0.1, 0.15) is 40.0 Å². The maximum atomic E-state index is 11.7. The van der Waals surface area contributed by atoms with Gasteiger partial charge in [-0.1, -0.05) is 20.3 Å². The number of amides is 2. The molecule has 1 aliphatic rings. The van der Waals surface area contributed by atoms with Crippen molar-refractivity contribution in [2.24, 2.45) is 11.8 Å². The molecule has 1 aliphatic carbocycles. The Morgan fingerprint density at radius 1 is 1.40 bits per heavy atom. The van der Waals surface area contributed by atoms with Crippen molar-refractivity contribution in [3.8, 4) is 0 Å². The van der Waals surface area contributed by atoms with Crippen molar-refractivity contribution in [2.75, 3.05) is 13.6 Å². The molecule has 88 valence electrons. The fourth-order valence-corrected chi connectivity index (χ4v) is 2.44. The number of urea groups is 1. The molecule has 3 atom stereocenters. The lowest BCUT2D eigenvalue weighted by atomic mass is 9.93. The Morgan fingerprint density at radius 3 is 2.53 bits per heavy atom. The van der Waals surface area contributed by atoms with Crippen LogP contribution in [0, 0.1) is 11.8 Å². The van der Waals surface area contributed by atoms with E-state index in [1.54, 1.807) is 4.90 Å². The number of nitrogens with one attached hydrogen (secondary N) is 1. The van der Waals surface area contributed by atoms with Crippen LogP contribution in [0.4, 0.5) is 4.79 Å². The quantitative estimate of drug-likeness (QED) is 0.766. The smallest absolute Gasteiger partial charge is 0.317 e. The van der Waals surface area contributed by atoms with E-state index in [2.05, 4.69) is 19.2 Å². The average molecular weight is 212 g/mol. The third-order valence-electron chi connectivity index (χ3n) is 3.88. The van der Waals surface area contributed by atoms with E-state index in [9.17, 15) is 4.79 Å². The highest BCUT2D eigenvalue weighted by Crippen LogP contribution is 2.33. The molecule has 3 nitrogen and oxygen atoms in total. The molecule has 0 aliphatic heterocycles. The molecule has 3 unspecified atom stereocenters. The summed E-state index contributed by atoms with van der Waals surface area (Å²) in [6, 6.07) is 0.461. The van der Waals surface area contributed by atoms with E-state index in [0.29, 0.717) is 12.0 Å². The summed E-state index contributed by atoms with van der Waals surface area (Å²) in [5.74, 6) is 1.42. The van der Waals surface area contributed by atoms with Crippen molar-refractivity contribution in [1.29, 1.82) is 0 Å². The lowest BCUT2D eigenvalue weighted by Gasteiger charge is -2.24. The lowest BCUT2D eigenvalue weighted by Crippen LogP contribution is -2.44. The fourth-order valence-electron chi connectivity index (χ4n) is 2.44. The summed E-state index contributed by atoms with van der Waals surface area (Å²) < 4.78 is 0. The highest BCUT2D eigenvalue weighted by atomic mass is 16.2. The molecule has 15 heavy (non-hydrogen) atoms. The van der Waals surface area contributed by atoms with Crippen molar-refractivity contribution in [1.82, 2.24) is 10.2 Å². The van der Waals surface area contributed by atoms with Crippen molar-refractivity contribution >= 4 is 6.03 Å². The second-order valence-corrected chi connectivity index (χ2v) is 4.67. The molecular formula is C12H24N2O. The first kappa shape index (κ1) is 12.3. The van der Waals surface area contributed by atoms with Crippen molar-refractivity contribution in [2.45, 2.75) is 46.1 Å². The van der Waals surface area contributed by atoms with Crippen LogP contribution in [-0.2, 0) is 0 Å². The van der Waals surface area contributed by atoms with Crippen LogP contribution >= 0.6 is 0 Å². The predicted octanol–water partition coefficient (Wildman–Crippen LogP) is 2.47. The van der Waals surface area contributed by atoms with Crippen LogP contribution in [0.15, 0.2) is 0 Å². The molecule has 1 N–H and O–H groups in total. The van der Waals surface area contributed by atoms with E-state index >= 15 is 0 Å². The highest BCUT2D eigenvalue weighted by Gasteiger charge is 2.32. The Balaban J connectivity index is 2.43. The predicted molar refractivity (Wildman–Crippen MR) is 62.8 cm³/mol. The number of rotatable bonds is 3. The molecule has 2 amide bonds. The van der Waals surface area contributed by atoms with E-state index in [-0.39, 0.29) is 6.03 Å². The van der Waals surface area contributed by atoms with Gasteiger partial charge in [-0.2, -0.15) is 0 Å². The number of carbonyl (C=O) groups excluding carboxylic acids is 1. The molecule has 1 fully saturated rings. The van der Waals surface area contributed by atoms with Crippen molar-refractivity contribution < 1.29 is 4.79 Å². The number of hydrogen-bond donors (Lipinski definition) is 1. The SMILES string of the molecule is CCC1CCC(NC(=O)N(C)CC)C1C. The summed E-state index contributed by atoms with van der Waals surface area (Å²) in [7, 11) is 1.84. The minimum Gasteiger partial charge on any atom is -0.335 e. The van der Waals surface area contributed by atoms with Crippen LogP contribution in [-0.4, -0.2) is 30.6 Å². The zero-order valence-corrected chi connectivity index (χ0v) is 10.4. The summed E-state index contributed by atoms with van der Waals surface area (Å²) >= 11 is 0. The van der Waals surface area contributed by atoms with Gasteiger partial charge in [0.2, 0.25) is 0 Å². The summed E-state index contributed by atoms with van der Waals surface area (Å²) in [6.07, 6.45) is 3.64. The Labute approximate surface area is 93.2 Å². The van der Waals surface area contributed by atoms with Crippen LogP contribution < -0.4 is 5.32 Å². The van der Waals surface area contributed by atoms with Gasteiger partial charge in [0.05, 0.1) is 0 Å². The third kappa shape index (κ3) is 2.86. The number of hydrogen-bond acceptors (Lipinski definition) is 1. The Kier molecular flexibility index (Phi) is 4.43. The molecule has 1 rings (SSSR count). The van der Waals surface area contributed by atoms with E-state index < -0.39 is 0 Å². The fraction of sp³-hybridized carbons (Fsp3) is 0.917. The Morgan fingerprint density at radius 2 is 2.07 bits per heavy atom. The van der Waals surface area contributed by atoms with Gasteiger partial charge in [0.15, 0.2) is 0 Å². The van der Waals surface area contributed by atoms with Gasteiger partial charge in [0.25, 0.3) is 0 Å². The third-order valence-corrected chi connectivity index (χ3v) is 3.88. The molecule has 0 heterocycles. The van der Waals surface area contributed by atoms with Gasteiger partial charge in [0, 0.05) is 19.6 Å². The minimum atomic E-state index is 0.0751. The normalized spacial score (nSPS) is 30.3. The maximum Gasteiger partial charge on any atom is 0.317 e. The van der Waals surface area contributed by atoms with Gasteiger partial charge in [-0.25, -0.2) is 4.79 Å². The molecule has 1 saturated carbocycles. The minimum absolute atomic E-state index is 0.0751. The van der Waals surface area contributed by atoms with Gasteiger partial charge >= 0.3 is 6.03 Å². The van der Waals surface area contributed by atoms with E-state index in [4.69, 9.17) is 0 Å². The first-order chi connectivity index (χ1) is 7.10. The average Bonchev–Trinajstić information content (AvgIpc) is 2.58. The van der Waals surface area contributed by atoms with Crippen LogP contribution in [0.3, 0.4) is 0 Å². The largest absolute Gasteiger partial charge is 0.335 e. The van der Waals surface area contributed by atoms with Crippen LogP contribution in [0.5, 0.6) is 0 Å².